The molecule has 1 aliphatic rings. The van der Waals surface area contributed by atoms with E-state index in [2.05, 4.69) is 9.88 Å². The third-order valence-electron chi connectivity index (χ3n) is 4.80. The lowest BCUT2D eigenvalue weighted by molar-refractivity contribution is 0.426. The van der Waals surface area contributed by atoms with Crippen LogP contribution < -0.4 is 4.72 Å². The molecule has 1 aromatic heterocycles. The molecule has 1 aromatic carbocycles. The lowest BCUT2D eigenvalue weighted by Gasteiger charge is -2.21. The number of rotatable bonds is 4. The maximum absolute atomic E-state index is 12.8. The molecule has 2 aromatic rings. The minimum atomic E-state index is -3.51. The Balaban J connectivity index is 1.79. The Morgan fingerprint density at radius 1 is 1.04 bits per heavy atom. The Kier molecular flexibility index (Phi) is 5.59. The largest absolute Gasteiger partial charge is 0.356 e. The zero-order valence-electron chi connectivity index (χ0n) is 14.9. The van der Waals surface area contributed by atoms with Gasteiger partial charge in [-0.3, -0.25) is 0 Å². The fourth-order valence-corrected chi connectivity index (χ4v) is 4.99. The second-order valence-corrected chi connectivity index (χ2v) is 8.66. The third-order valence-corrected chi connectivity index (χ3v) is 6.48. The van der Waals surface area contributed by atoms with E-state index in [1.54, 1.807) is 12.1 Å². The highest BCUT2D eigenvalue weighted by atomic mass is 32.2. The van der Waals surface area contributed by atoms with Crippen LogP contribution in [0.3, 0.4) is 0 Å². The minimum absolute atomic E-state index is 0.0429. The van der Waals surface area contributed by atoms with Crippen molar-refractivity contribution in [3.05, 3.63) is 35.5 Å². The summed E-state index contributed by atoms with van der Waals surface area (Å²) in [4.78, 5) is 0.342. The normalized spacial score (nSPS) is 17.2. The molecule has 1 saturated carbocycles. The van der Waals surface area contributed by atoms with Crippen LogP contribution in [0.25, 0.3) is 11.3 Å². The summed E-state index contributed by atoms with van der Waals surface area (Å²) in [5.41, 5.74) is 2.35. The second kappa shape index (κ2) is 7.70. The summed E-state index contributed by atoms with van der Waals surface area (Å²) < 4.78 is 33.8. The molecule has 1 N–H and O–H groups in total. The molecule has 25 heavy (non-hydrogen) atoms. The highest BCUT2D eigenvalue weighted by molar-refractivity contribution is 7.89. The Morgan fingerprint density at radius 3 is 2.32 bits per heavy atom. The van der Waals surface area contributed by atoms with Crippen LogP contribution in [0.5, 0.6) is 0 Å². The van der Waals surface area contributed by atoms with Crippen LogP contribution in [-0.2, 0) is 10.0 Å². The molecule has 0 aliphatic heterocycles. The van der Waals surface area contributed by atoms with E-state index in [-0.39, 0.29) is 6.04 Å². The molecule has 136 valence electrons. The van der Waals surface area contributed by atoms with E-state index < -0.39 is 10.0 Å². The van der Waals surface area contributed by atoms with Gasteiger partial charge in [0.05, 0.1) is 10.6 Å². The number of benzene rings is 1. The van der Waals surface area contributed by atoms with Gasteiger partial charge in [0.1, 0.15) is 0 Å². The van der Waals surface area contributed by atoms with Gasteiger partial charge in [-0.2, -0.15) is 0 Å². The van der Waals surface area contributed by atoms with E-state index in [1.807, 2.05) is 26.0 Å². The number of sulfonamides is 1. The SMILES string of the molecule is Cc1cc(-c2ccc(S(=O)(=O)NC3CCCCCCC3)c(C)c2)on1. The summed E-state index contributed by atoms with van der Waals surface area (Å²) >= 11 is 0. The Morgan fingerprint density at radius 2 is 1.72 bits per heavy atom. The average molecular weight is 362 g/mol. The van der Waals surface area contributed by atoms with Gasteiger partial charge < -0.3 is 4.52 Å². The maximum atomic E-state index is 12.8. The van der Waals surface area contributed by atoms with Crippen LogP contribution in [0.2, 0.25) is 0 Å². The lowest BCUT2D eigenvalue weighted by Crippen LogP contribution is -2.35. The zero-order chi connectivity index (χ0) is 17.9. The molecule has 3 rings (SSSR count). The summed E-state index contributed by atoms with van der Waals surface area (Å²) in [6, 6.07) is 7.16. The van der Waals surface area contributed by atoms with E-state index in [1.165, 1.54) is 19.3 Å². The number of aryl methyl sites for hydroxylation is 2. The summed E-state index contributed by atoms with van der Waals surface area (Å²) in [6.45, 7) is 3.68. The van der Waals surface area contributed by atoms with Gasteiger partial charge in [-0.1, -0.05) is 37.3 Å². The van der Waals surface area contributed by atoms with Crippen molar-refractivity contribution >= 4 is 10.0 Å². The average Bonchev–Trinajstić information content (AvgIpc) is 2.96. The number of hydrogen-bond donors (Lipinski definition) is 1. The van der Waals surface area contributed by atoms with Gasteiger partial charge in [0.15, 0.2) is 5.76 Å². The van der Waals surface area contributed by atoms with Crippen molar-refractivity contribution in [2.45, 2.75) is 69.7 Å². The van der Waals surface area contributed by atoms with Gasteiger partial charge >= 0.3 is 0 Å². The first-order chi connectivity index (χ1) is 12.0. The van der Waals surface area contributed by atoms with Gasteiger partial charge in [-0.25, -0.2) is 13.1 Å². The third kappa shape index (κ3) is 4.50. The van der Waals surface area contributed by atoms with Crippen LogP contribution in [0, 0.1) is 13.8 Å². The van der Waals surface area contributed by atoms with E-state index in [4.69, 9.17) is 4.52 Å². The minimum Gasteiger partial charge on any atom is -0.356 e. The molecule has 1 heterocycles. The topological polar surface area (TPSA) is 72.2 Å². The molecule has 0 spiro atoms. The number of nitrogens with zero attached hydrogens (tertiary/aromatic N) is 1. The Labute approximate surface area is 149 Å². The van der Waals surface area contributed by atoms with Crippen molar-refractivity contribution in [1.29, 1.82) is 0 Å². The lowest BCUT2D eigenvalue weighted by atomic mass is 9.97. The van der Waals surface area contributed by atoms with Crippen LogP contribution in [0.15, 0.2) is 33.7 Å². The molecular formula is C19H26N2O3S. The molecule has 0 saturated heterocycles. The predicted molar refractivity (Wildman–Crippen MR) is 97.8 cm³/mol. The highest BCUT2D eigenvalue weighted by Crippen LogP contribution is 2.26. The zero-order valence-corrected chi connectivity index (χ0v) is 15.7. The standard InChI is InChI=1S/C19H26N2O3S/c1-14-12-16(18-13-15(2)20-24-18)10-11-19(14)25(22,23)21-17-8-6-4-3-5-7-9-17/h10-13,17,21H,3-9H2,1-2H3. The molecule has 0 bridgehead atoms. The monoisotopic (exact) mass is 362 g/mol. The van der Waals surface area contributed by atoms with E-state index in [0.717, 1.165) is 36.9 Å². The molecule has 0 radical (unpaired) electrons. The second-order valence-electron chi connectivity index (χ2n) is 6.98. The molecular weight excluding hydrogens is 336 g/mol. The van der Waals surface area contributed by atoms with Crippen molar-refractivity contribution in [1.82, 2.24) is 9.88 Å². The quantitative estimate of drug-likeness (QED) is 0.877. The van der Waals surface area contributed by atoms with Crippen LogP contribution in [0.4, 0.5) is 0 Å². The van der Waals surface area contributed by atoms with E-state index >= 15 is 0 Å². The van der Waals surface area contributed by atoms with Crippen molar-refractivity contribution in [2.75, 3.05) is 0 Å². The van der Waals surface area contributed by atoms with Gasteiger partial charge in [-0.05, 0) is 50.5 Å². The first kappa shape index (κ1) is 18.1. The molecule has 0 amide bonds. The first-order valence-corrected chi connectivity index (χ1v) is 10.5. The number of aromatic nitrogens is 1. The molecule has 0 atom stereocenters. The van der Waals surface area contributed by atoms with Crippen molar-refractivity contribution in [3.63, 3.8) is 0 Å². The summed E-state index contributed by atoms with van der Waals surface area (Å²) in [5.74, 6) is 0.650. The van der Waals surface area contributed by atoms with Gasteiger partial charge in [0.2, 0.25) is 10.0 Å². The highest BCUT2D eigenvalue weighted by Gasteiger charge is 2.22. The van der Waals surface area contributed by atoms with Crippen molar-refractivity contribution in [2.24, 2.45) is 0 Å². The van der Waals surface area contributed by atoms with Crippen molar-refractivity contribution in [3.8, 4) is 11.3 Å². The maximum Gasteiger partial charge on any atom is 0.241 e. The number of hydrogen-bond acceptors (Lipinski definition) is 4. The van der Waals surface area contributed by atoms with Crippen LogP contribution >= 0.6 is 0 Å². The van der Waals surface area contributed by atoms with E-state index in [9.17, 15) is 8.42 Å². The molecule has 5 nitrogen and oxygen atoms in total. The van der Waals surface area contributed by atoms with Gasteiger partial charge in [-0.15, -0.1) is 0 Å². The first-order valence-electron chi connectivity index (χ1n) is 9.02. The van der Waals surface area contributed by atoms with Crippen molar-refractivity contribution < 1.29 is 12.9 Å². The summed E-state index contributed by atoms with van der Waals surface area (Å²) in [6.07, 6.45) is 7.69. The van der Waals surface area contributed by atoms with Gasteiger partial charge in [0, 0.05) is 17.7 Å². The molecule has 0 unspecified atom stereocenters. The summed E-state index contributed by atoms with van der Waals surface area (Å²) in [7, 11) is -3.51. The fourth-order valence-electron chi connectivity index (χ4n) is 3.46. The molecule has 1 aliphatic carbocycles. The van der Waals surface area contributed by atoms with E-state index in [0.29, 0.717) is 16.2 Å². The summed E-state index contributed by atoms with van der Waals surface area (Å²) in [5, 5.41) is 3.88. The van der Waals surface area contributed by atoms with Gasteiger partial charge in [0.25, 0.3) is 0 Å². The number of nitrogens with one attached hydrogen (secondary N) is 1. The molecule has 6 heteroatoms. The predicted octanol–water partition coefficient (Wildman–Crippen LogP) is 4.35. The van der Waals surface area contributed by atoms with Crippen LogP contribution in [-0.4, -0.2) is 19.6 Å². The Bertz CT molecular complexity index is 819. The molecule has 1 fully saturated rings. The van der Waals surface area contributed by atoms with Crippen LogP contribution in [0.1, 0.15) is 56.2 Å². The smallest absolute Gasteiger partial charge is 0.241 e. The fraction of sp³-hybridized carbons (Fsp3) is 0.526. The Hall–Kier alpha value is -1.66.